The zero-order valence-corrected chi connectivity index (χ0v) is 14.4. The predicted molar refractivity (Wildman–Crippen MR) is 96.6 cm³/mol. The molecule has 0 unspecified atom stereocenters. The van der Waals surface area contributed by atoms with Gasteiger partial charge in [-0.25, -0.2) is 0 Å². The number of nitriles is 1. The third kappa shape index (κ3) is 4.39. The number of benzene rings is 2. The average Bonchev–Trinajstić information content (AvgIpc) is 2.86. The Morgan fingerprint density at radius 3 is 2.68 bits per heavy atom. The van der Waals surface area contributed by atoms with Crippen molar-refractivity contribution in [3.63, 3.8) is 0 Å². The molecule has 1 fully saturated rings. The number of amides is 1. The predicted octanol–water partition coefficient (Wildman–Crippen LogP) is 4.61. The van der Waals surface area contributed by atoms with Crippen LogP contribution in [0.4, 0.5) is 0 Å². The summed E-state index contributed by atoms with van der Waals surface area (Å²) in [6.45, 7) is 3.89. The zero-order chi connectivity index (χ0) is 17.6. The second-order valence-electron chi connectivity index (χ2n) is 6.59. The smallest absolute Gasteiger partial charge is 0.253 e. The lowest BCUT2D eigenvalue weighted by atomic mass is 10.0. The summed E-state index contributed by atoms with van der Waals surface area (Å²) in [5.74, 6) is 2.02. The van der Waals surface area contributed by atoms with Crippen molar-refractivity contribution < 1.29 is 9.53 Å². The molecule has 3 rings (SSSR count). The molecule has 25 heavy (non-hydrogen) atoms. The van der Waals surface area contributed by atoms with Crippen molar-refractivity contribution in [1.29, 1.82) is 5.26 Å². The first kappa shape index (κ1) is 17.0. The monoisotopic (exact) mass is 334 g/mol. The van der Waals surface area contributed by atoms with Gasteiger partial charge in [0, 0.05) is 18.7 Å². The number of carbonyl (C=O) groups excluding carboxylic acids is 1. The quantitative estimate of drug-likeness (QED) is 0.823. The third-order valence-corrected chi connectivity index (χ3v) is 4.60. The van der Waals surface area contributed by atoms with Crippen LogP contribution in [0.1, 0.15) is 42.1 Å². The van der Waals surface area contributed by atoms with Crippen molar-refractivity contribution in [2.75, 3.05) is 13.1 Å². The van der Waals surface area contributed by atoms with E-state index in [-0.39, 0.29) is 5.91 Å². The molecule has 2 aromatic rings. The molecular formula is C21H22N2O2. The Balaban J connectivity index is 1.72. The highest BCUT2D eigenvalue weighted by Gasteiger charge is 2.20. The number of rotatable bonds is 3. The van der Waals surface area contributed by atoms with Gasteiger partial charge in [-0.15, -0.1) is 0 Å². The maximum Gasteiger partial charge on any atom is 0.253 e. The van der Waals surface area contributed by atoms with Crippen LogP contribution in [0.5, 0.6) is 11.5 Å². The molecule has 0 spiro atoms. The van der Waals surface area contributed by atoms with Crippen LogP contribution >= 0.6 is 0 Å². The van der Waals surface area contributed by atoms with Crippen molar-refractivity contribution in [2.24, 2.45) is 5.92 Å². The third-order valence-electron chi connectivity index (χ3n) is 4.60. The molecule has 0 saturated carbocycles. The molecule has 1 heterocycles. The van der Waals surface area contributed by atoms with Gasteiger partial charge in [0.25, 0.3) is 5.91 Å². The van der Waals surface area contributed by atoms with E-state index in [1.807, 2.05) is 23.1 Å². The van der Waals surface area contributed by atoms with Crippen molar-refractivity contribution in [2.45, 2.75) is 26.2 Å². The molecular weight excluding hydrogens is 312 g/mol. The molecule has 0 aliphatic carbocycles. The number of ether oxygens (including phenoxy) is 1. The van der Waals surface area contributed by atoms with E-state index in [0.29, 0.717) is 28.5 Å². The minimum atomic E-state index is 0.0689. The summed E-state index contributed by atoms with van der Waals surface area (Å²) in [6, 6.07) is 16.3. The fraction of sp³-hybridized carbons (Fsp3) is 0.333. The number of hydrogen-bond acceptors (Lipinski definition) is 3. The first-order chi connectivity index (χ1) is 12.2. The molecule has 1 amide bonds. The van der Waals surface area contributed by atoms with E-state index in [2.05, 4.69) is 13.0 Å². The van der Waals surface area contributed by atoms with E-state index >= 15 is 0 Å². The van der Waals surface area contributed by atoms with E-state index in [1.165, 1.54) is 6.42 Å². The van der Waals surface area contributed by atoms with Gasteiger partial charge in [0.2, 0.25) is 0 Å². The summed E-state index contributed by atoms with van der Waals surface area (Å²) < 4.78 is 5.82. The molecule has 0 bridgehead atoms. The van der Waals surface area contributed by atoms with Crippen LogP contribution in [0.2, 0.25) is 0 Å². The molecule has 0 radical (unpaired) electrons. The van der Waals surface area contributed by atoms with Crippen molar-refractivity contribution in [1.82, 2.24) is 4.90 Å². The van der Waals surface area contributed by atoms with Crippen molar-refractivity contribution >= 4 is 5.91 Å². The topological polar surface area (TPSA) is 53.3 Å². The number of nitrogens with zero attached hydrogens (tertiary/aromatic N) is 2. The Labute approximate surface area is 148 Å². The van der Waals surface area contributed by atoms with Crippen LogP contribution in [0.25, 0.3) is 0 Å². The molecule has 1 saturated heterocycles. The molecule has 1 aliphatic heterocycles. The minimum absolute atomic E-state index is 0.0689. The van der Waals surface area contributed by atoms with Crippen molar-refractivity contribution in [3.8, 4) is 17.6 Å². The molecule has 2 aromatic carbocycles. The second-order valence-corrected chi connectivity index (χ2v) is 6.59. The Bertz CT molecular complexity index is 777. The van der Waals surface area contributed by atoms with Gasteiger partial charge in [0.05, 0.1) is 11.6 Å². The first-order valence-corrected chi connectivity index (χ1v) is 8.73. The first-order valence-electron chi connectivity index (χ1n) is 8.73. The average molecular weight is 334 g/mol. The highest BCUT2D eigenvalue weighted by Crippen LogP contribution is 2.24. The zero-order valence-electron chi connectivity index (χ0n) is 14.4. The van der Waals surface area contributed by atoms with Crippen LogP contribution in [0.15, 0.2) is 48.5 Å². The molecule has 4 nitrogen and oxygen atoms in total. The highest BCUT2D eigenvalue weighted by atomic mass is 16.5. The number of carbonyl (C=O) groups is 1. The summed E-state index contributed by atoms with van der Waals surface area (Å²) in [4.78, 5) is 14.7. The molecule has 1 aliphatic rings. The van der Waals surface area contributed by atoms with Crippen LogP contribution in [-0.4, -0.2) is 23.9 Å². The van der Waals surface area contributed by atoms with Crippen LogP contribution in [0, 0.1) is 17.2 Å². The van der Waals surface area contributed by atoms with Gasteiger partial charge in [-0.1, -0.05) is 13.0 Å². The van der Waals surface area contributed by atoms with Crippen molar-refractivity contribution in [3.05, 3.63) is 59.7 Å². The van der Waals surface area contributed by atoms with E-state index in [9.17, 15) is 4.79 Å². The number of hydrogen-bond donors (Lipinski definition) is 0. The lowest BCUT2D eigenvalue weighted by Gasteiger charge is -2.20. The van der Waals surface area contributed by atoms with Gasteiger partial charge in [-0.2, -0.15) is 5.26 Å². The minimum Gasteiger partial charge on any atom is -0.457 e. The fourth-order valence-corrected chi connectivity index (χ4v) is 3.07. The molecule has 1 atom stereocenters. The lowest BCUT2D eigenvalue weighted by molar-refractivity contribution is 0.0760. The Morgan fingerprint density at radius 1 is 1.12 bits per heavy atom. The normalized spacial score (nSPS) is 17.4. The maximum atomic E-state index is 12.8. The lowest BCUT2D eigenvalue weighted by Crippen LogP contribution is -2.31. The van der Waals surface area contributed by atoms with Gasteiger partial charge in [-0.3, -0.25) is 4.79 Å². The van der Waals surface area contributed by atoms with E-state index in [0.717, 1.165) is 25.9 Å². The summed E-state index contributed by atoms with van der Waals surface area (Å²) in [7, 11) is 0. The molecule has 0 N–H and O–H groups in total. The summed E-state index contributed by atoms with van der Waals surface area (Å²) in [6.07, 6.45) is 3.31. The number of likely N-dealkylation sites (tertiary alicyclic amines) is 1. The SMILES string of the molecule is C[C@@H]1CCCN(C(=O)c2cccc(Oc3ccc(C#N)cc3)c2)CC1. The molecule has 0 aromatic heterocycles. The fourth-order valence-electron chi connectivity index (χ4n) is 3.07. The summed E-state index contributed by atoms with van der Waals surface area (Å²) in [5.41, 5.74) is 1.24. The van der Waals surface area contributed by atoms with E-state index < -0.39 is 0 Å². The molecule has 128 valence electrons. The summed E-state index contributed by atoms with van der Waals surface area (Å²) in [5, 5.41) is 8.84. The van der Waals surface area contributed by atoms with Gasteiger partial charge in [0.1, 0.15) is 11.5 Å². The molecule has 4 heteroatoms. The highest BCUT2D eigenvalue weighted by molar-refractivity contribution is 5.94. The van der Waals surface area contributed by atoms with Gasteiger partial charge >= 0.3 is 0 Å². The van der Waals surface area contributed by atoms with Crippen LogP contribution in [-0.2, 0) is 0 Å². The van der Waals surface area contributed by atoms with Crippen LogP contribution < -0.4 is 4.74 Å². The standard InChI is InChI=1S/C21H22N2O2/c1-16-4-3-12-23(13-11-16)21(24)18-5-2-6-20(14-18)25-19-9-7-17(15-22)8-10-19/h2,5-10,14,16H,3-4,11-13H2,1H3/t16-/m1/s1. The van der Waals surface area contributed by atoms with E-state index in [4.69, 9.17) is 10.00 Å². The van der Waals surface area contributed by atoms with Gasteiger partial charge < -0.3 is 9.64 Å². The van der Waals surface area contributed by atoms with Gasteiger partial charge in [-0.05, 0) is 67.6 Å². The Hall–Kier alpha value is -2.80. The van der Waals surface area contributed by atoms with Gasteiger partial charge in [0.15, 0.2) is 0 Å². The largest absolute Gasteiger partial charge is 0.457 e. The van der Waals surface area contributed by atoms with Crippen LogP contribution in [0.3, 0.4) is 0 Å². The second kappa shape index (κ2) is 7.85. The van der Waals surface area contributed by atoms with E-state index in [1.54, 1.807) is 30.3 Å². The maximum absolute atomic E-state index is 12.8. The Morgan fingerprint density at radius 2 is 1.92 bits per heavy atom. The summed E-state index contributed by atoms with van der Waals surface area (Å²) >= 11 is 0. The Kier molecular flexibility index (Phi) is 5.35.